The van der Waals surface area contributed by atoms with E-state index in [-0.39, 0.29) is 54.0 Å². The third-order valence-electron chi connectivity index (χ3n) is 11.2. The van der Waals surface area contributed by atoms with Crippen molar-refractivity contribution >= 4 is 40.5 Å². The fourth-order valence-corrected chi connectivity index (χ4v) is 8.41. The maximum absolute atomic E-state index is 14.3. The van der Waals surface area contributed by atoms with Crippen LogP contribution >= 0.6 is 0 Å². The van der Waals surface area contributed by atoms with Crippen molar-refractivity contribution in [2.45, 2.75) is 115 Å². The van der Waals surface area contributed by atoms with Gasteiger partial charge in [-0.25, -0.2) is 14.0 Å². The predicted octanol–water partition coefficient (Wildman–Crippen LogP) is 7.05. The Balaban J connectivity index is 1.26. The number of hydrogen-bond acceptors (Lipinski definition) is 9. The van der Waals surface area contributed by atoms with Gasteiger partial charge in [0.2, 0.25) is 17.6 Å². The molecule has 1 saturated heterocycles. The van der Waals surface area contributed by atoms with Gasteiger partial charge in [0.1, 0.15) is 23.9 Å². The molecule has 2 aromatic rings. The minimum absolute atomic E-state index is 0.00459. The highest BCUT2D eigenvalue weighted by atomic mass is 19.1. The second-order valence-corrected chi connectivity index (χ2v) is 15.9. The number of likely N-dealkylation sites (tertiary alicyclic amines) is 1. The van der Waals surface area contributed by atoms with E-state index in [0.29, 0.717) is 61.9 Å². The molecule has 13 heteroatoms. The molecule has 0 unspecified atom stereocenters. The van der Waals surface area contributed by atoms with Gasteiger partial charge in [-0.3, -0.25) is 9.59 Å². The molecular formula is C40H58FN3O9. The fourth-order valence-electron chi connectivity index (χ4n) is 8.41. The van der Waals surface area contributed by atoms with E-state index in [4.69, 9.17) is 23.4 Å². The largest absolute Gasteiger partial charge is 0.460 e. The lowest BCUT2D eigenvalue weighted by atomic mass is 9.75. The number of anilines is 1. The van der Waals surface area contributed by atoms with Crippen LogP contribution in [0.3, 0.4) is 0 Å². The van der Waals surface area contributed by atoms with Crippen LogP contribution in [0.25, 0.3) is 11.0 Å². The molecule has 3 amide bonds. The number of benzene rings is 1. The van der Waals surface area contributed by atoms with Crippen molar-refractivity contribution in [1.29, 1.82) is 0 Å². The number of unbranched alkanes of at least 4 members (excludes halogenated alkanes) is 1. The summed E-state index contributed by atoms with van der Waals surface area (Å²) >= 11 is 0. The second-order valence-electron chi connectivity index (χ2n) is 15.9. The number of amides is 3. The van der Waals surface area contributed by atoms with Gasteiger partial charge in [-0.1, -0.05) is 0 Å². The molecule has 0 spiro atoms. The molecule has 294 valence electrons. The third kappa shape index (κ3) is 10.7. The lowest BCUT2D eigenvalue weighted by molar-refractivity contribution is -0.142. The first-order chi connectivity index (χ1) is 25.4. The monoisotopic (exact) mass is 743 g/mol. The summed E-state index contributed by atoms with van der Waals surface area (Å²) in [6.45, 7) is 5.92. The molecule has 3 aliphatic rings. The smallest absolute Gasteiger partial charge is 0.407 e. The van der Waals surface area contributed by atoms with E-state index in [1.165, 1.54) is 0 Å². The predicted molar refractivity (Wildman–Crippen MR) is 197 cm³/mol. The Labute approximate surface area is 312 Å². The van der Waals surface area contributed by atoms with Gasteiger partial charge in [-0.2, -0.15) is 0 Å². The Morgan fingerprint density at radius 2 is 1.66 bits per heavy atom. The normalized spacial score (nSPS) is 25.5. The number of nitrogens with zero attached hydrogens (tertiary/aromatic N) is 1. The Kier molecular flexibility index (Phi) is 14.2. The number of alkyl halides is 1. The minimum atomic E-state index is -0.713. The first-order valence-corrected chi connectivity index (χ1v) is 19.3. The van der Waals surface area contributed by atoms with Crippen LogP contribution in [-0.4, -0.2) is 93.2 Å². The summed E-state index contributed by atoms with van der Waals surface area (Å²) < 4.78 is 41.2. The number of fused-ring (bicyclic) bond motifs is 1. The summed E-state index contributed by atoms with van der Waals surface area (Å²) in [6.07, 6.45) is 7.76. The number of ether oxygens (including phenoxy) is 4. The maximum Gasteiger partial charge on any atom is 0.407 e. The van der Waals surface area contributed by atoms with Crippen LogP contribution in [0.5, 0.6) is 0 Å². The zero-order valence-corrected chi connectivity index (χ0v) is 32.0. The third-order valence-corrected chi connectivity index (χ3v) is 11.2. The van der Waals surface area contributed by atoms with Crippen molar-refractivity contribution in [3.05, 3.63) is 30.0 Å². The number of halogens is 1. The van der Waals surface area contributed by atoms with Gasteiger partial charge in [-0.15, -0.1) is 0 Å². The maximum atomic E-state index is 14.3. The molecule has 2 aliphatic carbocycles. The van der Waals surface area contributed by atoms with Crippen molar-refractivity contribution < 1.29 is 46.9 Å². The van der Waals surface area contributed by atoms with Gasteiger partial charge in [0, 0.05) is 44.4 Å². The number of nitrogens with one attached hydrogen (secondary N) is 2. The number of hydrogen-bond donors (Lipinski definition) is 2. The van der Waals surface area contributed by atoms with E-state index in [2.05, 4.69) is 10.6 Å². The Bertz CT molecular complexity index is 1540. The molecule has 1 aromatic heterocycles. The number of alkyl carbamates (subject to hydrolysis) is 1. The van der Waals surface area contributed by atoms with Crippen LogP contribution in [0.1, 0.15) is 102 Å². The summed E-state index contributed by atoms with van der Waals surface area (Å²) in [6, 6.07) is 5.50. The van der Waals surface area contributed by atoms with Crippen molar-refractivity contribution in [3.8, 4) is 0 Å². The SMILES string of the molecule is COCCCCOC(=O)c1cc2cc(NC(=O)[C@@H]3[C@H](C4CCC(OC)CC4)CCN3C(=O)[C@H]3CC[C@H]([C@@H](CF)NC(=O)OC(C)(C)C)CC3)ccc2o1. The minimum Gasteiger partial charge on any atom is -0.460 e. The van der Waals surface area contributed by atoms with Crippen LogP contribution in [0.2, 0.25) is 0 Å². The second kappa shape index (κ2) is 18.6. The highest BCUT2D eigenvalue weighted by molar-refractivity contribution is 6.00. The lowest BCUT2D eigenvalue weighted by Crippen LogP contribution is -2.50. The van der Waals surface area contributed by atoms with Gasteiger partial charge in [0.05, 0.1) is 18.8 Å². The van der Waals surface area contributed by atoms with Gasteiger partial charge in [-0.05, 0) is 133 Å². The Hall–Kier alpha value is -3.71. The Morgan fingerprint density at radius 1 is 0.943 bits per heavy atom. The average Bonchev–Trinajstić information content (AvgIpc) is 3.78. The van der Waals surface area contributed by atoms with Gasteiger partial charge >= 0.3 is 12.1 Å². The van der Waals surface area contributed by atoms with E-state index >= 15 is 0 Å². The zero-order valence-electron chi connectivity index (χ0n) is 32.0. The highest BCUT2D eigenvalue weighted by Gasteiger charge is 2.47. The van der Waals surface area contributed by atoms with Crippen molar-refractivity contribution in [1.82, 2.24) is 10.2 Å². The highest BCUT2D eigenvalue weighted by Crippen LogP contribution is 2.42. The van der Waals surface area contributed by atoms with E-state index in [0.717, 1.165) is 38.5 Å². The fraction of sp³-hybridized carbons (Fsp3) is 0.700. The number of furan rings is 1. The molecule has 53 heavy (non-hydrogen) atoms. The summed E-state index contributed by atoms with van der Waals surface area (Å²) in [4.78, 5) is 55.3. The van der Waals surface area contributed by atoms with Crippen molar-refractivity contribution in [2.75, 3.05) is 46.0 Å². The molecule has 3 atom stereocenters. The number of carbonyl (C=O) groups is 4. The molecule has 0 radical (unpaired) electrons. The molecule has 1 aromatic carbocycles. The summed E-state index contributed by atoms with van der Waals surface area (Å²) in [5.74, 6) is -0.845. The molecule has 3 fully saturated rings. The van der Waals surface area contributed by atoms with Crippen LogP contribution in [0.4, 0.5) is 14.9 Å². The van der Waals surface area contributed by atoms with E-state index in [1.54, 1.807) is 64.2 Å². The summed E-state index contributed by atoms with van der Waals surface area (Å²) in [5.41, 5.74) is 0.343. The molecule has 0 bridgehead atoms. The zero-order chi connectivity index (χ0) is 38.1. The topological polar surface area (TPSA) is 146 Å². The first-order valence-electron chi connectivity index (χ1n) is 19.3. The van der Waals surface area contributed by atoms with Gasteiger partial charge in [0.25, 0.3) is 0 Å². The number of esters is 1. The van der Waals surface area contributed by atoms with E-state index < -0.39 is 36.4 Å². The van der Waals surface area contributed by atoms with Crippen LogP contribution < -0.4 is 10.6 Å². The standard InChI is InChI=1S/C40H58FN3O9/c1-40(2,3)53-39(48)43-32(24-41)26-8-10-27(11-9-26)37(46)44-19-18-31(25-12-15-30(50-5)16-13-25)35(44)36(45)42-29-14-17-33-28(22-29)23-34(52-33)38(47)51-21-7-6-20-49-4/h14,17,22-23,25-27,30-32,35H,6-13,15-16,18-21,24H2,1-5H3,(H,42,45)(H,43,48)/t25?,26-,27-,30?,31-,32+,35-/m0/s1. The van der Waals surface area contributed by atoms with Crippen LogP contribution in [-0.2, 0) is 28.5 Å². The summed E-state index contributed by atoms with van der Waals surface area (Å²) in [7, 11) is 3.37. The number of carbonyl (C=O) groups excluding carboxylic acids is 4. The molecule has 1 aliphatic heterocycles. The van der Waals surface area contributed by atoms with Crippen LogP contribution in [0.15, 0.2) is 28.7 Å². The molecular weight excluding hydrogens is 685 g/mol. The van der Waals surface area contributed by atoms with Gasteiger partial charge in [0.15, 0.2) is 0 Å². The van der Waals surface area contributed by atoms with Crippen molar-refractivity contribution in [3.63, 3.8) is 0 Å². The molecule has 12 nitrogen and oxygen atoms in total. The molecule has 2 heterocycles. The summed E-state index contributed by atoms with van der Waals surface area (Å²) in [5, 5.41) is 6.43. The van der Waals surface area contributed by atoms with Crippen molar-refractivity contribution in [2.24, 2.45) is 23.7 Å². The van der Waals surface area contributed by atoms with E-state index in [9.17, 15) is 23.6 Å². The number of methoxy groups -OCH3 is 2. The lowest BCUT2D eigenvalue weighted by Gasteiger charge is -2.38. The Morgan fingerprint density at radius 3 is 2.32 bits per heavy atom. The van der Waals surface area contributed by atoms with Crippen LogP contribution in [0, 0.1) is 23.7 Å². The van der Waals surface area contributed by atoms with Gasteiger partial charge < -0.3 is 38.9 Å². The molecule has 2 saturated carbocycles. The van der Waals surface area contributed by atoms with E-state index in [1.807, 2.05) is 0 Å². The first kappa shape index (κ1) is 40.5. The average molecular weight is 744 g/mol. The molecule has 2 N–H and O–H groups in total. The number of rotatable bonds is 14. The molecule has 5 rings (SSSR count). The quantitative estimate of drug-likeness (QED) is 0.154.